The number of rotatable bonds is 3. The highest BCUT2D eigenvalue weighted by Gasteiger charge is 2.13. The Balaban J connectivity index is 1.91. The van der Waals surface area contributed by atoms with Crippen LogP contribution >= 0.6 is 11.6 Å². The van der Waals surface area contributed by atoms with Crippen molar-refractivity contribution in [3.8, 4) is 0 Å². The van der Waals surface area contributed by atoms with E-state index >= 15 is 0 Å². The summed E-state index contributed by atoms with van der Waals surface area (Å²) in [5, 5.41) is 3.64. The minimum Gasteiger partial charge on any atom is -0.347 e. The molecule has 0 bridgehead atoms. The number of hydrogen-bond donors (Lipinski definition) is 1. The topological polar surface area (TPSA) is 86.0 Å². The van der Waals surface area contributed by atoms with E-state index in [0.29, 0.717) is 11.6 Å². The first-order valence-corrected chi connectivity index (χ1v) is 7.85. The molecular weight excluding hydrogens is 344 g/mol. The zero-order valence-corrected chi connectivity index (χ0v) is 14.4. The van der Waals surface area contributed by atoms with E-state index in [1.165, 1.54) is 30.8 Å². The zero-order valence-electron chi connectivity index (χ0n) is 13.6. The number of nitrogens with zero attached hydrogens (tertiary/aromatic N) is 3. The summed E-state index contributed by atoms with van der Waals surface area (Å²) >= 11 is 5.82. The average molecular weight is 359 g/mol. The summed E-state index contributed by atoms with van der Waals surface area (Å²) in [6.45, 7) is 0.311. The third-order valence-electron chi connectivity index (χ3n) is 3.90. The minimum absolute atomic E-state index is 0.129. The van der Waals surface area contributed by atoms with Crippen LogP contribution in [0.1, 0.15) is 16.1 Å². The molecule has 0 unspecified atom stereocenters. The maximum absolute atomic E-state index is 12.3. The number of aryl methyl sites for hydroxylation is 1. The van der Waals surface area contributed by atoms with Crippen LogP contribution in [0.15, 0.2) is 46.0 Å². The van der Waals surface area contributed by atoms with Gasteiger partial charge in [0.15, 0.2) is 0 Å². The highest BCUT2D eigenvalue weighted by atomic mass is 35.5. The molecule has 0 atom stereocenters. The summed E-state index contributed by atoms with van der Waals surface area (Å²) in [6.07, 6.45) is 0. The molecule has 128 valence electrons. The van der Waals surface area contributed by atoms with Crippen LogP contribution in [0, 0.1) is 0 Å². The first-order valence-electron chi connectivity index (χ1n) is 7.48. The third kappa shape index (κ3) is 3.18. The van der Waals surface area contributed by atoms with Gasteiger partial charge >= 0.3 is 5.69 Å². The van der Waals surface area contributed by atoms with E-state index in [0.717, 1.165) is 10.1 Å². The summed E-state index contributed by atoms with van der Waals surface area (Å²) < 4.78 is 2.25. The molecule has 2 aromatic heterocycles. The Bertz CT molecular complexity index is 1080. The van der Waals surface area contributed by atoms with Crippen LogP contribution in [0.5, 0.6) is 0 Å². The summed E-state index contributed by atoms with van der Waals surface area (Å²) in [7, 11) is 2.91. The van der Waals surface area contributed by atoms with Crippen LogP contribution in [-0.2, 0) is 20.6 Å². The molecule has 0 aliphatic carbocycles. The van der Waals surface area contributed by atoms with Gasteiger partial charge in [-0.1, -0.05) is 23.7 Å². The van der Waals surface area contributed by atoms with Gasteiger partial charge in [0, 0.05) is 25.7 Å². The predicted octanol–water partition coefficient (Wildman–Crippen LogP) is 1.22. The predicted molar refractivity (Wildman–Crippen MR) is 94.8 cm³/mol. The van der Waals surface area contributed by atoms with Gasteiger partial charge in [0.1, 0.15) is 11.3 Å². The Labute approximate surface area is 147 Å². The molecule has 0 fully saturated rings. The van der Waals surface area contributed by atoms with Gasteiger partial charge in [0.25, 0.3) is 11.5 Å². The molecule has 25 heavy (non-hydrogen) atoms. The highest BCUT2D eigenvalue weighted by molar-refractivity contribution is 6.30. The molecule has 8 heteroatoms. The number of hydrogen-bond acceptors (Lipinski definition) is 4. The van der Waals surface area contributed by atoms with Crippen LogP contribution in [0.2, 0.25) is 5.02 Å². The van der Waals surface area contributed by atoms with Gasteiger partial charge in [-0.25, -0.2) is 9.78 Å². The summed E-state index contributed by atoms with van der Waals surface area (Å²) in [6, 6.07) is 10.1. The van der Waals surface area contributed by atoms with Crippen molar-refractivity contribution < 1.29 is 4.79 Å². The van der Waals surface area contributed by atoms with Crippen molar-refractivity contribution in [2.45, 2.75) is 6.54 Å². The standard InChI is InChI=1S/C17H15ClN4O3/c1-21-14-12(16(24)22(2)17(21)25)7-8-13(20-14)15(23)19-9-10-3-5-11(18)6-4-10/h3-8H,9H2,1-2H3,(H,19,23). The molecule has 0 saturated heterocycles. The number of aromatic nitrogens is 3. The Morgan fingerprint density at radius 1 is 1.08 bits per heavy atom. The SMILES string of the molecule is Cn1c(=O)c2ccc(C(=O)NCc3ccc(Cl)cc3)nc2n(C)c1=O. The van der Waals surface area contributed by atoms with Crippen LogP contribution in [-0.4, -0.2) is 20.0 Å². The Morgan fingerprint density at radius 2 is 1.76 bits per heavy atom. The number of nitrogens with one attached hydrogen (secondary N) is 1. The number of carbonyl (C=O) groups is 1. The van der Waals surface area contributed by atoms with Gasteiger partial charge in [0.2, 0.25) is 0 Å². The van der Waals surface area contributed by atoms with Gasteiger partial charge in [-0.2, -0.15) is 0 Å². The van der Waals surface area contributed by atoms with E-state index in [-0.39, 0.29) is 16.7 Å². The lowest BCUT2D eigenvalue weighted by molar-refractivity contribution is 0.0946. The second-order valence-electron chi connectivity index (χ2n) is 5.58. The molecular formula is C17H15ClN4O3. The quantitative estimate of drug-likeness (QED) is 0.762. The molecule has 1 amide bonds. The fourth-order valence-electron chi connectivity index (χ4n) is 2.46. The number of amides is 1. The molecule has 0 aliphatic heterocycles. The van der Waals surface area contributed by atoms with Crippen molar-refractivity contribution in [3.63, 3.8) is 0 Å². The van der Waals surface area contributed by atoms with Crippen LogP contribution in [0.3, 0.4) is 0 Å². The lowest BCUT2D eigenvalue weighted by atomic mass is 10.2. The minimum atomic E-state index is -0.497. The van der Waals surface area contributed by atoms with Crippen LogP contribution < -0.4 is 16.6 Å². The van der Waals surface area contributed by atoms with E-state index < -0.39 is 17.2 Å². The maximum atomic E-state index is 12.3. The van der Waals surface area contributed by atoms with Crippen molar-refractivity contribution in [1.29, 1.82) is 0 Å². The van der Waals surface area contributed by atoms with Gasteiger partial charge in [0.05, 0.1) is 5.39 Å². The van der Waals surface area contributed by atoms with Crippen molar-refractivity contribution in [2.75, 3.05) is 0 Å². The first-order chi connectivity index (χ1) is 11.9. The zero-order chi connectivity index (χ0) is 18.1. The van der Waals surface area contributed by atoms with Crippen LogP contribution in [0.4, 0.5) is 0 Å². The second-order valence-corrected chi connectivity index (χ2v) is 6.02. The van der Waals surface area contributed by atoms with Crippen molar-refractivity contribution in [1.82, 2.24) is 19.4 Å². The third-order valence-corrected chi connectivity index (χ3v) is 4.15. The molecule has 0 radical (unpaired) electrons. The number of benzene rings is 1. The van der Waals surface area contributed by atoms with E-state index in [1.54, 1.807) is 12.1 Å². The molecule has 1 N–H and O–H groups in total. The maximum Gasteiger partial charge on any atom is 0.332 e. The number of pyridine rings is 1. The van der Waals surface area contributed by atoms with Gasteiger partial charge in [-0.15, -0.1) is 0 Å². The number of fused-ring (bicyclic) bond motifs is 1. The van der Waals surface area contributed by atoms with E-state index in [1.807, 2.05) is 12.1 Å². The summed E-state index contributed by atoms with van der Waals surface area (Å²) in [5.41, 5.74) is 0.249. The smallest absolute Gasteiger partial charge is 0.332 e. The van der Waals surface area contributed by atoms with Crippen molar-refractivity contribution >= 4 is 28.5 Å². The Kier molecular flexibility index (Phi) is 4.41. The Morgan fingerprint density at radius 3 is 2.44 bits per heavy atom. The fourth-order valence-corrected chi connectivity index (χ4v) is 2.58. The Hall–Kier alpha value is -2.93. The number of carbonyl (C=O) groups excluding carboxylic acids is 1. The molecule has 3 rings (SSSR count). The molecule has 3 aromatic rings. The normalized spacial score (nSPS) is 10.8. The highest BCUT2D eigenvalue weighted by Crippen LogP contribution is 2.10. The molecule has 2 heterocycles. The lowest BCUT2D eigenvalue weighted by Crippen LogP contribution is -2.37. The summed E-state index contributed by atoms with van der Waals surface area (Å²) in [4.78, 5) is 40.6. The van der Waals surface area contributed by atoms with E-state index in [4.69, 9.17) is 11.6 Å². The molecule has 7 nitrogen and oxygen atoms in total. The van der Waals surface area contributed by atoms with Gasteiger partial charge in [-0.3, -0.25) is 18.7 Å². The molecule has 0 aliphatic rings. The summed E-state index contributed by atoms with van der Waals surface area (Å²) in [5.74, 6) is -0.398. The lowest BCUT2D eigenvalue weighted by Gasteiger charge is -2.09. The molecule has 0 spiro atoms. The fraction of sp³-hybridized carbons (Fsp3) is 0.176. The molecule has 0 saturated carbocycles. The van der Waals surface area contributed by atoms with Crippen molar-refractivity contribution in [3.05, 3.63) is 73.5 Å². The first kappa shape index (κ1) is 16.9. The second kappa shape index (κ2) is 6.52. The van der Waals surface area contributed by atoms with Crippen LogP contribution in [0.25, 0.3) is 11.0 Å². The largest absolute Gasteiger partial charge is 0.347 e. The monoisotopic (exact) mass is 358 g/mol. The van der Waals surface area contributed by atoms with Crippen molar-refractivity contribution in [2.24, 2.45) is 14.1 Å². The van der Waals surface area contributed by atoms with E-state index in [9.17, 15) is 14.4 Å². The van der Waals surface area contributed by atoms with E-state index in [2.05, 4.69) is 10.3 Å². The average Bonchev–Trinajstić information content (AvgIpc) is 2.63. The van der Waals surface area contributed by atoms with Gasteiger partial charge < -0.3 is 5.32 Å². The van der Waals surface area contributed by atoms with Gasteiger partial charge in [-0.05, 0) is 29.8 Å². The molecule has 1 aromatic carbocycles. The number of halogens is 1.